The van der Waals surface area contributed by atoms with Crippen molar-refractivity contribution in [1.82, 2.24) is 0 Å². The molecule has 78 valence electrons. The number of unbranched alkanes of at least 4 members (excludes halogenated alkanes) is 1. The largest absolute Gasteiger partial charge is 0.330 e. The highest BCUT2D eigenvalue weighted by atomic mass is 16.1. The van der Waals surface area contributed by atoms with Crippen molar-refractivity contribution >= 4 is 5.78 Å². The van der Waals surface area contributed by atoms with E-state index in [0.717, 1.165) is 31.7 Å². The molecule has 0 heterocycles. The number of rotatable bonds is 8. The average Bonchev–Trinajstić information content (AvgIpc) is 2.10. The smallest absolute Gasteiger partial charge is 0.129 e. The fourth-order valence-electron chi connectivity index (χ4n) is 1.54. The third kappa shape index (κ3) is 7.97. The Morgan fingerprint density at radius 2 is 2.00 bits per heavy atom. The summed E-state index contributed by atoms with van der Waals surface area (Å²) in [4.78, 5) is 10.8. The van der Waals surface area contributed by atoms with E-state index in [1.54, 1.807) is 6.92 Å². The predicted molar refractivity (Wildman–Crippen MR) is 56.6 cm³/mol. The zero-order chi connectivity index (χ0) is 10.1. The second kappa shape index (κ2) is 8.24. The molecule has 0 aliphatic heterocycles. The van der Waals surface area contributed by atoms with E-state index in [0.29, 0.717) is 5.78 Å². The summed E-state index contributed by atoms with van der Waals surface area (Å²) in [6.07, 6.45) is 6.58. The second-order valence-corrected chi connectivity index (χ2v) is 3.80. The second-order valence-electron chi connectivity index (χ2n) is 3.80. The van der Waals surface area contributed by atoms with Gasteiger partial charge < -0.3 is 10.5 Å². The first-order valence-electron chi connectivity index (χ1n) is 5.40. The highest BCUT2D eigenvalue weighted by Gasteiger charge is 2.06. The molecular formula is C11H23NO. The molecule has 0 aromatic rings. The van der Waals surface area contributed by atoms with Crippen molar-refractivity contribution in [2.75, 3.05) is 6.54 Å². The molecule has 13 heavy (non-hydrogen) atoms. The molecule has 2 N–H and O–H groups in total. The first-order chi connectivity index (χ1) is 6.20. The summed E-state index contributed by atoms with van der Waals surface area (Å²) >= 11 is 0. The maximum absolute atomic E-state index is 10.8. The predicted octanol–water partition coefficient (Wildman–Crippen LogP) is 2.51. The van der Waals surface area contributed by atoms with Gasteiger partial charge in [0.25, 0.3) is 0 Å². The standard InChI is InChI=1S/C11H23NO/c1-3-11(6-4-5-9-12)8-7-10(2)13/h11H,3-9,12H2,1-2H3/t11-/m0/s1. The van der Waals surface area contributed by atoms with Crippen LogP contribution in [0.4, 0.5) is 0 Å². The van der Waals surface area contributed by atoms with Crippen LogP contribution in [0, 0.1) is 5.92 Å². The molecular weight excluding hydrogens is 162 g/mol. The van der Waals surface area contributed by atoms with Crippen molar-refractivity contribution in [3.05, 3.63) is 0 Å². The minimum absolute atomic E-state index is 0.317. The van der Waals surface area contributed by atoms with Crippen molar-refractivity contribution in [2.24, 2.45) is 11.7 Å². The lowest BCUT2D eigenvalue weighted by Gasteiger charge is -2.12. The van der Waals surface area contributed by atoms with Gasteiger partial charge in [0.15, 0.2) is 0 Å². The number of ketones is 1. The molecule has 0 radical (unpaired) electrons. The molecule has 0 fully saturated rings. The van der Waals surface area contributed by atoms with Gasteiger partial charge in [0.1, 0.15) is 5.78 Å². The van der Waals surface area contributed by atoms with Crippen molar-refractivity contribution in [3.8, 4) is 0 Å². The maximum Gasteiger partial charge on any atom is 0.129 e. The highest BCUT2D eigenvalue weighted by Crippen LogP contribution is 2.18. The molecule has 0 aromatic carbocycles. The summed E-state index contributed by atoms with van der Waals surface area (Å²) in [6.45, 7) is 4.67. The van der Waals surface area contributed by atoms with Gasteiger partial charge >= 0.3 is 0 Å². The van der Waals surface area contributed by atoms with Crippen LogP contribution in [0.25, 0.3) is 0 Å². The quantitative estimate of drug-likeness (QED) is 0.590. The molecule has 0 amide bonds. The van der Waals surface area contributed by atoms with Gasteiger partial charge in [-0.05, 0) is 32.2 Å². The first-order valence-corrected chi connectivity index (χ1v) is 5.40. The lowest BCUT2D eigenvalue weighted by molar-refractivity contribution is -0.117. The van der Waals surface area contributed by atoms with E-state index in [9.17, 15) is 4.79 Å². The maximum atomic E-state index is 10.8. The van der Waals surface area contributed by atoms with Gasteiger partial charge in [0.2, 0.25) is 0 Å². The Labute approximate surface area is 81.9 Å². The summed E-state index contributed by atoms with van der Waals surface area (Å²) in [7, 11) is 0. The molecule has 0 aliphatic rings. The molecule has 0 spiro atoms. The number of nitrogens with two attached hydrogens (primary N) is 1. The van der Waals surface area contributed by atoms with Crippen LogP contribution in [-0.4, -0.2) is 12.3 Å². The van der Waals surface area contributed by atoms with Crippen LogP contribution >= 0.6 is 0 Å². The topological polar surface area (TPSA) is 43.1 Å². The molecule has 2 heteroatoms. The van der Waals surface area contributed by atoms with E-state index in [1.807, 2.05) is 0 Å². The number of carbonyl (C=O) groups excluding carboxylic acids is 1. The Bertz CT molecular complexity index is 134. The summed E-state index contributed by atoms with van der Waals surface area (Å²) in [6, 6.07) is 0. The fraction of sp³-hybridized carbons (Fsp3) is 0.909. The van der Waals surface area contributed by atoms with Crippen molar-refractivity contribution in [3.63, 3.8) is 0 Å². The summed E-state index contributed by atoms with van der Waals surface area (Å²) < 4.78 is 0. The van der Waals surface area contributed by atoms with Gasteiger partial charge in [-0.15, -0.1) is 0 Å². The molecule has 0 aromatic heterocycles. The van der Waals surface area contributed by atoms with Gasteiger partial charge in [0.05, 0.1) is 0 Å². The number of carbonyl (C=O) groups is 1. The monoisotopic (exact) mass is 185 g/mol. The first kappa shape index (κ1) is 12.6. The highest BCUT2D eigenvalue weighted by molar-refractivity contribution is 5.75. The van der Waals surface area contributed by atoms with Crippen LogP contribution in [0.1, 0.15) is 52.4 Å². The summed E-state index contributed by atoms with van der Waals surface area (Å²) in [5.41, 5.74) is 5.42. The molecule has 0 aliphatic carbocycles. The van der Waals surface area contributed by atoms with E-state index in [4.69, 9.17) is 5.73 Å². The molecule has 0 saturated carbocycles. The SMILES string of the molecule is CC[C@@H](CCCCN)CCC(C)=O. The minimum atomic E-state index is 0.317. The van der Waals surface area contributed by atoms with Crippen LogP contribution in [0.2, 0.25) is 0 Å². The molecule has 0 saturated heterocycles. The van der Waals surface area contributed by atoms with Gasteiger partial charge in [0, 0.05) is 6.42 Å². The van der Waals surface area contributed by atoms with E-state index >= 15 is 0 Å². The van der Waals surface area contributed by atoms with Gasteiger partial charge in [-0.2, -0.15) is 0 Å². The third-order valence-electron chi connectivity index (χ3n) is 2.55. The van der Waals surface area contributed by atoms with E-state index < -0.39 is 0 Å². The van der Waals surface area contributed by atoms with Gasteiger partial charge in [-0.25, -0.2) is 0 Å². The average molecular weight is 185 g/mol. The minimum Gasteiger partial charge on any atom is -0.330 e. The Kier molecular flexibility index (Phi) is 8.00. The Morgan fingerprint density at radius 1 is 1.31 bits per heavy atom. The van der Waals surface area contributed by atoms with E-state index in [-0.39, 0.29) is 0 Å². The summed E-state index contributed by atoms with van der Waals surface area (Å²) in [5.74, 6) is 1.05. The molecule has 0 unspecified atom stereocenters. The summed E-state index contributed by atoms with van der Waals surface area (Å²) in [5, 5.41) is 0. The zero-order valence-electron chi connectivity index (χ0n) is 9.01. The van der Waals surface area contributed by atoms with Crippen LogP contribution in [-0.2, 0) is 4.79 Å². The van der Waals surface area contributed by atoms with Crippen LogP contribution in [0.5, 0.6) is 0 Å². The zero-order valence-corrected chi connectivity index (χ0v) is 9.01. The molecule has 1 atom stereocenters. The Hall–Kier alpha value is -0.370. The number of Topliss-reactive ketones (excluding diaryl/α,β-unsaturated/α-hetero) is 1. The van der Waals surface area contributed by atoms with Crippen LogP contribution in [0.15, 0.2) is 0 Å². The van der Waals surface area contributed by atoms with Crippen molar-refractivity contribution in [2.45, 2.75) is 52.4 Å². The van der Waals surface area contributed by atoms with Crippen molar-refractivity contribution in [1.29, 1.82) is 0 Å². The lowest BCUT2D eigenvalue weighted by atomic mass is 9.93. The number of hydrogen-bond acceptors (Lipinski definition) is 2. The van der Waals surface area contributed by atoms with E-state index in [1.165, 1.54) is 19.3 Å². The normalized spacial score (nSPS) is 12.8. The van der Waals surface area contributed by atoms with Gasteiger partial charge in [-0.1, -0.05) is 26.2 Å². The fourth-order valence-corrected chi connectivity index (χ4v) is 1.54. The van der Waals surface area contributed by atoms with Gasteiger partial charge in [-0.3, -0.25) is 0 Å². The van der Waals surface area contributed by atoms with Crippen LogP contribution in [0.3, 0.4) is 0 Å². The molecule has 0 rings (SSSR count). The van der Waals surface area contributed by atoms with Crippen LogP contribution < -0.4 is 5.73 Å². The number of hydrogen-bond donors (Lipinski definition) is 1. The Balaban J connectivity index is 3.45. The lowest BCUT2D eigenvalue weighted by Crippen LogP contribution is -2.04. The van der Waals surface area contributed by atoms with E-state index in [2.05, 4.69) is 6.92 Å². The molecule has 2 nitrogen and oxygen atoms in total. The molecule has 0 bridgehead atoms. The third-order valence-corrected chi connectivity index (χ3v) is 2.55. The van der Waals surface area contributed by atoms with Crippen molar-refractivity contribution < 1.29 is 4.79 Å². The Morgan fingerprint density at radius 3 is 2.46 bits per heavy atom.